The molecule has 0 saturated heterocycles. The number of nitrogens with one attached hydrogen (secondary N) is 1. The van der Waals surface area contributed by atoms with Crippen LogP contribution >= 0.6 is 23.2 Å². The van der Waals surface area contributed by atoms with Crippen LogP contribution in [0.15, 0.2) is 60.8 Å². The average Bonchev–Trinajstić information content (AvgIpc) is 2.73. The Kier molecular flexibility index (Phi) is 7.72. The van der Waals surface area contributed by atoms with Gasteiger partial charge >= 0.3 is 5.97 Å². The van der Waals surface area contributed by atoms with E-state index in [2.05, 4.69) is 10.3 Å². The highest BCUT2D eigenvalue weighted by atomic mass is 35.5. The molecule has 0 aliphatic heterocycles. The van der Waals surface area contributed by atoms with E-state index in [1.54, 1.807) is 36.4 Å². The summed E-state index contributed by atoms with van der Waals surface area (Å²) in [5.74, 6) is -0.756. The molecule has 0 unspecified atom stereocenters. The molecule has 1 amide bonds. The van der Waals surface area contributed by atoms with Crippen molar-refractivity contribution in [3.05, 3.63) is 93.1 Å². The van der Waals surface area contributed by atoms with Crippen molar-refractivity contribution < 1.29 is 14.7 Å². The number of nitrogens with zero attached hydrogens (tertiary/aromatic N) is 2. The third-order valence-corrected chi connectivity index (χ3v) is 5.31. The van der Waals surface area contributed by atoms with Crippen molar-refractivity contribution >= 4 is 40.9 Å². The second-order valence-electron chi connectivity index (χ2n) is 7.59. The molecule has 8 heteroatoms. The number of rotatable bonds is 8. The molecule has 1 heterocycles. The van der Waals surface area contributed by atoms with Gasteiger partial charge in [0.1, 0.15) is 5.82 Å². The van der Waals surface area contributed by atoms with Crippen LogP contribution in [0, 0.1) is 0 Å². The fourth-order valence-electron chi connectivity index (χ4n) is 3.38. The minimum atomic E-state index is -0.971. The molecule has 3 rings (SSSR count). The highest BCUT2D eigenvalue weighted by Gasteiger charge is 2.19. The van der Waals surface area contributed by atoms with Crippen LogP contribution in [0.2, 0.25) is 10.0 Å². The van der Waals surface area contributed by atoms with E-state index < -0.39 is 5.97 Å². The molecule has 3 aromatic rings. The average molecular weight is 472 g/mol. The van der Waals surface area contributed by atoms with Gasteiger partial charge in [-0.1, -0.05) is 47.5 Å². The molecule has 0 bridgehead atoms. The van der Waals surface area contributed by atoms with Gasteiger partial charge in [0.2, 0.25) is 0 Å². The van der Waals surface area contributed by atoms with Crippen molar-refractivity contribution in [2.24, 2.45) is 0 Å². The third kappa shape index (κ3) is 6.22. The van der Waals surface area contributed by atoms with Crippen LogP contribution in [0.25, 0.3) is 0 Å². The number of hydrogen-bond donors (Lipinski definition) is 2. The molecule has 1 atom stereocenters. The molecule has 0 fully saturated rings. The SMILES string of the molecule is C[C@@H](Cc1ccc(C(=O)O)cc1)NC(=O)c1cc(Cl)cnc1N(C)Cc1cccc(Cl)c1. The molecule has 32 heavy (non-hydrogen) atoms. The second kappa shape index (κ2) is 10.5. The molecule has 1 aromatic heterocycles. The van der Waals surface area contributed by atoms with Crippen molar-refractivity contribution in [2.45, 2.75) is 25.9 Å². The van der Waals surface area contributed by atoms with Crippen LogP contribution in [0.1, 0.15) is 38.8 Å². The molecule has 0 spiro atoms. The molecule has 0 aliphatic rings. The zero-order chi connectivity index (χ0) is 23.3. The minimum Gasteiger partial charge on any atom is -0.478 e. The maximum atomic E-state index is 13.0. The van der Waals surface area contributed by atoms with Gasteiger partial charge in [-0.2, -0.15) is 0 Å². The number of carboxylic acid groups (broad SMARTS) is 1. The van der Waals surface area contributed by atoms with Gasteiger partial charge in [0.15, 0.2) is 0 Å². The Morgan fingerprint density at radius 1 is 1.06 bits per heavy atom. The van der Waals surface area contributed by atoms with Crippen LogP contribution < -0.4 is 10.2 Å². The van der Waals surface area contributed by atoms with E-state index in [1.165, 1.54) is 6.20 Å². The number of amides is 1. The van der Waals surface area contributed by atoms with Crippen LogP contribution in [0.3, 0.4) is 0 Å². The molecular weight excluding hydrogens is 449 g/mol. The highest BCUT2D eigenvalue weighted by molar-refractivity contribution is 6.31. The van der Waals surface area contributed by atoms with Crippen LogP contribution in [0.4, 0.5) is 5.82 Å². The lowest BCUT2D eigenvalue weighted by atomic mass is 10.0. The molecular formula is C24H23Cl2N3O3. The summed E-state index contributed by atoms with van der Waals surface area (Å²) in [5, 5.41) is 13.0. The lowest BCUT2D eigenvalue weighted by Gasteiger charge is -2.22. The van der Waals surface area contributed by atoms with Gasteiger partial charge in [0.05, 0.1) is 16.1 Å². The number of aromatic nitrogens is 1. The summed E-state index contributed by atoms with van der Waals surface area (Å²) in [6, 6.07) is 15.5. The summed E-state index contributed by atoms with van der Waals surface area (Å²) in [4.78, 5) is 30.3. The lowest BCUT2D eigenvalue weighted by Crippen LogP contribution is -2.35. The normalized spacial score (nSPS) is 11.6. The quantitative estimate of drug-likeness (QED) is 0.478. The van der Waals surface area contributed by atoms with E-state index in [9.17, 15) is 9.59 Å². The second-order valence-corrected chi connectivity index (χ2v) is 8.46. The van der Waals surface area contributed by atoms with E-state index in [-0.39, 0.29) is 17.5 Å². The number of pyridine rings is 1. The van der Waals surface area contributed by atoms with Gasteiger partial charge in [0.25, 0.3) is 5.91 Å². The van der Waals surface area contributed by atoms with Crippen molar-refractivity contribution in [3.8, 4) is 0 Å². The molecule has 166 valence electrons. The first-order valence-corrected chi connectivity index (χ1v) is 10.7. The molecule has 0 aliphatic carbocycles. The number of anilines is 1. The van der Waals surface area contributed by atoms with Crippen molar-refractivity contribution in [1.82, 2.24) is 10.3 Å². The van der Waals surface area contributed by atoms with E-state index >= 15 is 0 Å². The van der Waals surface area contributed by atoms with E-state index in [1.807, 2.05) is 37.1 Å². The zero-order valence-corrected chi connectivity index (χ0v) is 19.2. The Hall–Kier alpha value is -3.09. The molecule has 6 nitrogen and oxygen atoms in total. The Morgan fingerprint density at radius 2 is 1.78 bits per heavy atom. The topological polar surface area (TPSA) is 82.5 Å². The third-order valence-electron chi connectivity index (χ3n) is 4.87. The number of hydrogen-bond acceptors (Lipinski definition) is 4. The first kappa shape index (κ1) is 23.6. The van der Waals surface area contributed by atoms with E-state index in [4.69, 9.17) is 28.3 Å². The van der Waals surface area contributed by atoms with E-state index in [0.29, 0.717) is 34.4 Å². The van der Waals surface area contributed by atoms with Crippen LogP contribution in [-0.4, -0.2) is 35.1 Å². The van der Waals surface area contributed by atoms with Crippen molar-refractivity contribution in [2.75, 3.05) is 11.9 Å². The van der Waals surface area contributed by atoms with Crippen LogP contribution in [0.5, 0.6) is 0 Å². The Bertz CT molecular complexity index is 1120. The smallest absolute Gasteiger partial charge is 0.335 e. The fraction of sp³-hybridized carbons (Fsp3) is 0.208. The number of carbonyl (C=O) groups is 2. The summed E-state index contributed by atoms with van der Waals surface area (Å²) in [7, 11) is 1.85. The van der Waals surface area contributed by atoms with Crippen LogP contribution in [-0.2, 0) is 13.0 Å². The number of benzene rings is 2. The van der Waals surface area contributed by atoms with Gasteiger partial charge in [-0.05, 0) is 54.8 Å². The number of aromatic carboxylic acids is 1. The largest absolute Gasteiger partial charge is 0.478 e. The minimum absolute atomic E-state index is 0.191. The summed E-state index contributed by atoms with van der Waals surface area (Å²) < 4.78 is 0. The first-order valence-electron chi connectivity index (χ1n) is 9.97. The molecule has 0 saturated carbocycles. The maximum Gasteiger partial charge on any atom is 0.335 e. The Balaban J connectivity index is 1.72. The predicted octanol–water partition coefficient (Wildman–Crippen LogP) is 5.08. The lowest BCUT2D eigenvalue weighted by molar-refractivity contribution is 0.0696. The fourth-order valence-corrected chi connectivity index (χ4v) is 3.75. The summed E-state index contributed by atoms with van der Waals surface area (Å²) in [6.45, 7) is 2.40. The van der Waals surface area contributed by atoms with Gasteiger partial charge in [0, 0.05) is 30.9 Å². The number of carbonyl (C=O) groups excluding carboxylic acids is 1. The van der Waals surface area contributed by atoms with E-state index in [0.717, 1.165) is 11.1 Å². The van der Waals surface area contributed by atoms with Gasteiger partial charge in [-0.25, -0.2) is 9.78 Å². The first-order chi connectivity index (χ1) is 15.2. The van der Waals surface area contributed by atoms with Gasteiger partial charge in [-0.15, -0.1) is 0 Å². The molecule has 0 radical (unpaired) electrons. The Labute approximate surface area is 196 Å². The number of halogens is 2. The summed E-state index contributed by atoms with van der Waals surface area (Å²) >= 11 is 12.2. The van der Waals surface area contributed by atoms with Crippen molar-refractivity contribution in [3.63, 3.8) is 0 Å². The van der Waals surface area contributed by atoms with Gasteiger partial charge in [-0.3, -0.25) is 4.79 Å². The molecule has 2 aromatic carbocycles. The number of carboxylic acids is 1. The monoisotopic (exact) mass is 471 g/mol. The summed E-state index contributed by atoms with van der Waals surface area (Å²) in [6.07, 6.45) is 2.06. The predicted molar refractivity (Wildman–Crippen MR) is 127 cm³/mol. The Morgan fingerprint density at radius 3 is 2.44 bits per heavy atom. The maximum absolute atomic E-state index is 13.0. The highest BCUT2D eigenvalue weighted by Crippen LogP contribution is 2.23. The zero-order valence-electron chi connectivity index (χ0n) is 17.7. The van der Waals surface area contributed by atoms with Gasteiger partial charge < -0.3 is 15.3 Å². The van der Waals surface area contributed by atoms with Crippen molar-refractivity contribution in [1.29, 1.82) is 0 Å². The molecule has 2 N–H and O–H groups in total. The summed E-state index contributed by atoms with van der Waals surface area (Å²) in [5.41, 5.74) is 2.50. The standard InChI is InChI=1S/C24H23Cl2N3O3/c1-15(10-16-6-8-18(9-7-16)24(31)32)28-23(30)21-12-20(26)13-27-22(21)29(2)14-17-4-3-5-19(25)11-17/h3-9,11-13,15H,10,14H2,1-2H3,(H,28,30)(H,31,32)/t15-/m0/s1.